The number of thiophene rings is 1. The summed E-state index contributed by atoms with van der Waals surface area (Å²) in [7, 11) is 1.62. The van der Waals surface area contributed by atoms with Gasteiger partial charge in [-0.2, -0.15) is 0 Å². The number of carbonyl (C=O) groups excluding carboxylic acids is 1. The lowest BCUT2D eigenvalue weighted by Gasteiger charge is -2.28. The fraction of sp³-hybridized carbons (Fsp3) is 0.500. The molecule has 1 aliphatic rings. The summed E-state index contributed by atoms with van der Waals surface area (Å²) in [5.41, 5.74) is 1.06. The van der Waals surface area contributed by atoms with Crippen LogP contribution < -0.4 is 14.8 Å². The second-order valence-electron chi connectivity index (χ2n) is 7.37. The Morgan fingerprint density at radius 2 is 1.90 bits per heavy atom. The molecular formula is C22H30N2O4S. The largest absolute Gasteiger partial charge is 0.497 e. The molecule has 1 aromatic carbocycles. The van der Waals surface area contributed by atoms with Crippen LogP contribution in [0.25, 0.3) is 0 Å². The molecule has 1 aliphatic heterocycles. The number of aliphatic hydroxyl groups is 1. The van der Waals surface area contributed by atoms with E-state index in [2.05, 4.69) is 10.2 Å². The summed E-state index contributed by atoms with van der Waals surface area (Å²) in [6.07, 6.45) is 1.87. The van der Waals surface area contributed by atoms with Gasteiger partial charge in [-0.05, 0) is 74.1 Å². The lowest BCUT2D eigenvalue weighted by Crippen LogP contribution is -2.46. The Morgan fingerprint density at radius 1 is 1.21 bits per heavy atom. The zero-order chi connectivity index (χ0) is 20.6. The summed E-state index contributed by atoms with van der Waals surface area (Å²) in [4.78, 5) is 15.8. The van der Waals surface area contributed by atoms with Crippen molar-refractivity contribution in [1.82, 2.24) is 10.2 Å². The van der Waals surface area contributed by atoms with Crippen LogP contribution in [0.3, 0.4) is 0 Å². The van der Waals surface area contributed by atoms with Crippen LogP contribution in [0.15, 0.2) is 35.7 Å². The highest BCUT2D eigenvalue weighted by atomic mass is 32.1. The van der Waals surface area contributed by atoms with E-state index < -0.39 is 6.10 Å². The standard InChI is InChI=1S/C22H30N2O4S/c1-16-10-14-29-22(16)21(26)19(15-24-11-3-4-12-24)23-20(25)9-13-28-18-7-5-17(27-2)6-8-18/h5-8,10,14,19,21,26H,3-4,9,11-13,15H2,1-2H3,(H,23,25)/t19-,21+/m1/s1. The van der Waals surface area contributed by atoms with E-state index in [-0.39, 0.29) is 25.0 Å². The second-order valence-corrected chi connectivity index (χ2v) is 8.32. The topological polar surface area (TPSA) is 71.0 Å². The van der Waals surface area contributed by atoms with Crippen molar-refractivity contribution in [3.63, 3.8) is 0 Å². The Kier molecular flexibility index (Phi) is 7.91. The first-order valence-corrected chi connectivity index (χ1v) is 11.0. The number of nitrogens with one attached hydrogen (secondary N) is 1. The van der Waals surface area contributed by atoms with Gasteiger partial charge in [0.25, 0.3) is 0 Å². The highest BCUT2D eigenvalue weighted by molar-refractivity contribution is 7.10. The molecule has 7 heteroatoms. The van der Waals surface area contributed by atoms with Crippen LogP contribution in [0.1, 0.15) is 35.8 Å². The van der Waals surface area contributed by atoms with E-state index in [1.54, 1.807) is 7.11 Å². The normalized spacial score (nSPS) is 16.4. The molecule has 1 fully saturated rings. The van der Waals surface area contributed by atoms with Gasteiger partial charge >= 0.3 is 0 Å². The van der Waals surface area contributed by atoms with E-state index in [9.17, 15) is 9.90 Å². The van der Waals surface area contributed by atoms with Gasteiger partial charge in [0, 0.05) is 11.4 Å². The van der Waals surface area contributed by atoms with Gasteiger partial charge < -0.3 is 24.8 Å². The minimum Gasteiger partial charge on any atom is -0.497 e. The van der Waals surface area contributed by atoms with E-state index in [4.69, 9.17) is 9.47 Å². The highest BCUT2D eigenvalue weighted by Crippen LogP contribution is 2.27. The van der Waals surface area contributed by atoms with Crippen molar-refractivity contribution in [3.05, 3.63) is 46.2 Å². The van der Waals surface area contributed by atoms with Crippen LogP contribution in [0.2, 0.25) is 0 Å². The number of carbonyl (C=O) groups is 1. The molecule has 2 aromatic rings. The van der Waals surface area contributed by atoms with E-state index in [1.807, 2.05) is 42.6 Å². The molecule has 2 heterocycles. The molecule has 0 aliphatic carbocycles. The number of benzene rings is 1. The zero-order valence-corrected chi connectivity index (χ0v) is 17.9. The van der Waals surface area contributed by atoms with Crippen LogP contribution in [0, 0.1) is 6.92 Å². The van der Waals surface area contributed by atoms with E-state index >= 15 is 0 Å². The summed E-state index contributed by atoms with van der Waals surface area (Å²) in [6.45, 7) is 4.96. The third-order valence-electron chi connectivity index (χ3n) is 5.21. The molecule has 6 nitrogen and oxygen atoms in total. The molecule has 1 aromatic heterocycles. The summed E-state index contributed by atoms with van der Waals surface area (Å²) in [6, 6.07) is 8.94. The monoisotopic (exact) mass is 418 g/mol. The van der Waals surface area contributed by atoms with E-state index in [0.717, 1.165) is 29.3 Å². The van der Waals surface area contributed by atoms with Gasteiger partial charge in [-0.1, -0.05) is 0 Å². The maximum Gasteiger partial charge on any atom is 0.223 e. The average molecular weight is 419 g/mol. The summed E-state index contributed by atoms with van der Waals surface area (Å²) in [5, 5.41) is 16.0. The molecular weight excluding hydrogens is 388 g/mol. The number of nitrogens with zero attached hydrogens (tertiary/aromatic N) is 1. The van der Waals surface area contributed by atoms with E-state index in [1.165, 1.54) is 24.2 Å². The Bertz CT molecular complexity index is 771. The molecule has 0 saturated carbocycles. The first-order chi connectivity index (χ1) is 14.1. The Hall–Kier alpha value is -2.09. The minimum absolute atomic E-state index is 0.115. The van der Waals surface area contributed by atoms with Crippen molar-refractivity contribution in [3.8, 4) is 11.5 Å². The van der Waals surface area contributed by atoms with Gasteiger partial charge in [0.05, 0.1) is 26.2 Å². The van der Waals surface area contributed by atoms with Crippen molar-refractivity contribution in [2.24, 2.45) is 0 Å². The van der Waals surface area contributed by atoms with Crippen molar-refractivity contribution in [2.45, 2.75) is 38.3 Å². The van der Waals surface area contributed by atoms with Crippen LogP contribution in [0.4, 0.5) is 0 Å². The molecule has 158 valence electrons. The zero-order valence-electron chi connectivity index (χ0n) is 17.1. The predicted octanol–water partition coefficient (Wildman–Crippen LogP) is 3.15. The number of hydrogen-bond acceptors (Lipinski definition) is 6. The Balaban J connectivity index is 1.54. The number of rotatable bonds is 10. The van der Waals surface area contributed by atoms with Gasteiger partial charge in [0.1, 0.15) is 17.6 Å². The Labute approximate surface area is 176 Å². The number of amides is 1. The van der Waals surface area contributed by atoms with Gasteiger partial charge in [0.15, 0.2) is 0 Å². The summed E-state index contributed by atoms with van der Waals surface area (Å²) >= 11 is 1.53. The maximum absolute atomic E-state index is 12.5. The maximum atomic E-state index is 12.5. The minimum atomic E-state index is -0.706. The SMILES string of the molecule is COc1ccc(OCCC(=O)N[C@H](CN2CCCC2)[C@H](O)c2sccc2C)cc1. The van der Waals surface area contributed by atoms with Crippen LogP contribution in [0.5, 0.6) is 11.5 Å². The quantitative estimate of drug-likeness (QED) is 0.620. The first-order valence-electron chi connectivity index (χ1n) is 10.1. The van der Waals surface area contributed by atoms with Crippen molar-refractivity contribution in [1.29, 1.82) is 0 Å². The predicted molar refractivity (Wildman–Crippen MR) is 115 cm³/mol. The molecule has 29 heavy (non-hydrogen) atoms. The number of ether oxygens (including phenoxy) is 2. The highest BCUT2D eigenvalue weighted by Gasteiger charge is 2.28. The Morgan fingerprint density at radius 3 is 2.52 bits per heavy atom. The second kappa shape index (κ2) is 10.6. The fourth-order valence-corrected chi connectivity index (χ4v) is 4.53. The molecule has 2 N–H and O–H groups in total. The van der Waals surface area contributed by atoms with Crippen molar-refractivity contribution < 1.29 is 19.4 Å². The van der Waals surface area contributed by atoms with Gasteiger partial charge in [-0.3, -0.25) is 4.79 Å². The smallest absolute Gasteiger partial charge is 0.223 e. The number of likely N-dealkylation sites (tertiary alicyclic amines) is 1. The summed E-state index contributed by atoms with van der Waals surface area (Å²) < 4.78 is 10.8. The molecule has 0 spiro atoms. The van der Waals surface area contributed by atoms with Crippen LogP contribution in [-0.4, -0.2) is 55.3 Å². The van der Waals surface area contributed by atoms with Crippen molar-refractivity contribution in [2.75, 3.05) is 33.4 Å². The van der Waals surface area contributed by atoms with Crippen LogP contribution >= 0.6 is 11.3 Å². The third-order valence-corrected chi connectivity index (χ3v) is 6.30. The number of aryl methyl sites for hydroxylation is 1. The number of methoxy groups -OCH3 is 1. The average Bonchev–Trinajstić information content (AvgIpc) is 3.39. The summed E-state index contributed by atoms with van der Waals surface area (Å²) in [5.74, 6) is 1.34. The molecule has 0 radical (unpaired) electrons. The molecule has 0 bridgehead atoms. The number of aliphatic hydroxyl groups excluding tert-OH is 1. The first kappa shape index (κ1) is 21.6. The molecule has 2 atom stereocenters. The molecule has 0 unspecified atom stereocenters. The molecule has 1 amide bonds. The van der Waals surface area contributed by atoms with E-state index in [0.29, 0.717) is 12.3 Å². The molecule has 1 saturated heterocycles. The number of hydrogen-bond donors (Lipinski definition) is 2. The fourth-order valence-electron chi connectivity index (χ4n) is 3.55. The van der Waals surface area contributed by atoms with Crippen LogP contribution in [-0.2, 0) is 4.79 Å². The van der Waals surface area contributed by atoms with Gasteiger partial charge in [-0.25, -0.2) is 0 Å². The third kappa shape index (κ3) is 6.19. The lowest BCUT2D eigenvalue weighted by atomic mass is 10.1. The van der Waals surface area contributed by atoms with Crippen molar-refractivity contribution >= 4 is 17.2 Å². The van der Waals surface area contributed by atoms with Gasteiger partial charge in [-0.15, -0.1) is 11.3 Å². The van der Waals surface area contributed by atoms with Gasteiger partial charge in [0.2, 0.25) is 5.91 Å². The molecule has 3 rings (SSSR count). The lowest BCUT2D eigenvalue weighted by molar-refractivity contribution is -0.123.